The first-order valence-electron chi connectivity index (χ1n) is 4.05. The number of carbonyl (C=O) groups is 1. The predicted octanol–water partition coefficient (Wildman–Crippen LogP) is 0.574. The summed E-state index contributed by atoms with van der Waals surface area (Å²) in [6.45, 7) is 1.53. The molecule has 0 bridgehead atoms. The molecular formula is C8H15NO3. The molecule has 1 saturated heterocycles. The highest BCUT2D eigenvalue weighted by Crippen LogP contribution is 2.24. The summed E-state index contributed by atoms with van der Waals surface area (Å²) >= 11 is 0. The Labute approximate surface area is 72.4 Å². The van der Waals surface area contributed by atoms with Gasteiger partial charge in [-0.2, -0.15) is 0 Å². The van der Waals surface area contributed by atoms with Gasteiger partial charge in [0.25, 0.3) is 0 Å². The van der Waals surface area contributed by atoms with E-state index in [0.717, 1.165) is 12.8 Å². The van der Waals surface area contributed by atoms with E-state index in [2.05, 4.69) is 0 Å². The summed E-state index contributed by atoms with van der Waals surface area (Å²) in [4.78, 5) is 12.8. The number of ether oxygens (including phenoxy) is 2. The predicted molar refractivity (Wildman–Crippen MR) is 43.3 cm³/mol. The van der Waals surface area contributed by atoms with E-state index in [1.165, 1.54) is 6.92 Å². The Bertz CT molecular complexity index is 160. The van der Waals surface area contributed by atoms with E-state index in [1.54, 1.807) is 19.1 Å². The Morgan fingerprint density at radius 1 is 1.25 bits per heavy atom. The molecule has 0 aliphatic carbocycles. The van der Waals surface area contributed by atoms with Crippen LogP contribution in [0.3, 0.4) is 0 Å². The Morgan fingerprint density at radius 3 is 1.92 bits per heavy atom. The van der Waals surface area contributed by atoms with Gasteiger partial charge in [0, 0.05) is 21.1 Å². The minimum atomic E-state index is -0.104. The van der Waals surface area contributed by atoms with Crippen molar-refractivity contribution < 1.29 is 14.3 Å². The van der Waals surface area contributed by atoms with Crippen molar-refractivity contribution in [2.75, 3.05) is 14.2 Å². The van der Waals surface area contributed by atoms with Gasteiger partial charge in [-0.15, -0.1) is 0 Å². The molecule has 70 valence electrons. The quantitative estimate of drug-likeness (QED) is 0.613. The minimum Gasteiger partial charge on any atom is -0.361 e. The number of likely N-dealkylation sites (tertiary alicyclic amines) is 1. The highest BCUT2D eigenvalue weighted by Gasteiger charge is 2.35. The van der Waals surface area contributed by atoms with Gasteiger partial charge in [-0.1, -0.05) is 0 Å². The van der Waals surface area contributed by atoms with Crippen LogP contribution in [0.25, 0.3) is 0 Å². The van der Waals surface area contributed by atoms with Crippen LogP contribution in [0.4, 0.5) is 0 Å². The summed E-state index contributed by atoms with van der Waals surface area (Å²) in [6, 6.07) is 0. The van der Waals surface area contributed by atoms with E-state index in [4.69, 9.17) is 9.47 Å². The molecule has 0 saturated carbocycles. The molecule has 0 aromatic rings. The lowest BCUT2D eigenvalue weighted by Gasteiger charge is -2.26. The number of methoxy groups -OCH3 is 2. The topological polar surface area (TPSA) is 38.8 Å². The molecular weight excluding hydrogens is 158 g/mol. The molecule has 1 fully saturated rings. The summed E-state index contributed by atoms with van der Waals surface area (Å²) in [5.41, 5.74) is 0. The van der Waals surface area contributed by atoms with Crippen molar-refractivity contribution in [2.24, 2.45) is 0 Å². The molecule has 0 N–H and O–H groups in total. The van der Waals surface area contributed by atoms with E-state index >= 15 is 0 Å². The van der Waals surface area contributed by atoms with Crippen LogP contribution < -0.4 is 0 Å². The monoisotopic (exact) mass is 173 g/mol. The number of carbonyl (C=O) groups excluding carboxylic acids is 1. The van der Waals surface area contributed by atoms with Crippen LogP contribution in [-0.4, -0.2) is 37.5 Å². The minimum absolute atomic E-state index is 0.00574. The number of nitrogens with zero attached hydrogens (tertiary/aromatic N) is 1. The number of rotatable bonds is 2. The van der Waals surface area contributed by atoms with Gasteiger partial charge in [0.2, 0.25) is 5.91 Å². The Balaban J connectivity index is 2.65. The summed E-state index contributed by atoms with van der Waals surface area (Å²) < 4.78 is 10.3. The zero-order valence-corrected chi connectivity index (χ0v) is 7.74. The Kier molecular flexibility index (Phi) is 3.05. The fourth-order valence-corrected chi connectivity index (χ4v) is 1.62. The van der Waals surface area contributed by atoms with Gasteiger partial charge in [-0.25, -0.2) is 0 Å². The van der Waals surface area contributed by atoms with E-state index in [1.807, 2.05) is 0 Å². The molecule has 4 nitrogen and oxygen atoms in total. The highest BCUT2D eigenvalue weighted by atomic mass is 16.5. The van der Waals surface area contributed by atoms with Crippen molar-refractivity contribution >= 4 is 5.91 Å². The number of hydrogen-bond donors (Lipinski definition) is 0. The lowest BCUT2D eigenvalue weighted by molar-refractivity contribution is -0.153. The van der Waals surface area contributed by atoms with Gasteiger partial charge < -0.3 is 9.47 Å². The number of amides is 1. The van der Waals surface area contributed by atoms with Crippen molar-refractivity contribution in [3.05, 3.63) is 0 Å². The molecule has 4 heteroatoms. The normalized spacial score (nSPS) is 29.4. The first-order valence-corrected chi connectivity index (χ1v) is 4.05. The molecule has 12 heavy (non-hydrogen) atoms. The lowest BCUT2D eigenvalue weighted by Crippen LogP contribution is -2.41. The second-order valence-corrected chi connectivity index (χ2v) is 2.88. The van der Waals surface area contributed by atoms with E-state index in [-0.39, 0.29) is 18.4 Å². The molecule has 1 heterocycles. The first-order chi connectivity index (χ1) is 5.70. The molecule has 2 atom stereocenters. The lowest BCUT2D eigenvalue weighted by atomic mass is 10.3. The number of hydrogen-bond acceptors (Lipinski definition) is 3. The van der Waals surface area contributed by atoms with Gasteiger partial charge in [0.05, 0.1) is 0 Å². The molecule has 0 aromatic carbocycles. The van der Waals surface area contributed by atoms with E-state index < -0.39 is 0 Å². The van der Waals surface area contributed by atoms with Crippen molar-refractivity contribution in [3.63, 3.8) is 0 Å². The fourth-order valence-electron chi connectivity index (χ4n) is 1.62. The smallest absolute Gasteiger partial charge is 0.223 e. The van der Waals surface area contributed by atoms with Crippen LogP contribution in [-0.2, 0) is 14.3 Å². The molecule has 0 aromatic heterocycles. The van der Waals surface area contributed by atoms with Crippen LogP contribution in [0.15, 0.2) is 0 Å². The third-order valence-electron chi connectivity index (χ3n) is 2.19. The van der Waals surface area contributed by atoms with Gasteiger partial charge in [-0.05, 0) is 12.8 Å². The van der Waals surface area contributed by atoms with Crippen molar-refractivity contribution in [1.29, 1.82) is 0 Å². The van der Waals surface area contributed by atoms with Crippen molar-refractivity contribution in [3.8, 4) is 0 Å². The second-order valence-electron chi connectivity index (χ2n) is 2.88. The molecule has 1 aliphatic heterocycles. The highest BCUT2D eigenvalue weighted by molar-refractivity contribution is 5.74. The maximum atomic E-state index is 11.2. The first kappa shape index (κ1) is 9.48. The van der Waals surface area contributed by atoms with Gasteiger partial charge in [0.1, 0.15) is 12.5 Å². The Morgan fingerprint density at radius 2 is 1.67 bits per heavy atom. The van der Waals surface area contributed by atoms with Gasteiger partial charge in [0.15, 0.2) is 0 Å². The fraction of sp³-hybridized carbons (Fsp3) is 0.875. The zero-order chi connectivity index (χ0) is 9.14. The van der Waals surface area contributed by atoms with Crippen LogP contribution in [0, 0.1) is 0 Å². The van der Waals surface area contributed by atoms with Crippen LogP contribution >= 0.6 is 0 Å². The summed E-state index contributed by atoms with van der Waals surface area (Å²) in [7, 11) is 3.22. The van der Waals surface area contributed by atoms with E-state index in [9.17, 15) is 4.79 Å². The van der Waals surface area contributed by atoms with Crippen molar-refractivity contribution in [2.45, 2.75) is 32.2 Å². The standard InChI is InChI=1S/C8H15NO3/c1-6(10)9-7(11-2)4-5-8(9)12-3/h7-8H,4-5H2,1-3H3. The molecule has 0 radical (unpaired) electrons. The van der Waals surface area contributed by atoms with Crippen molar-refractivity contribution in [1.82, 2.24) is 4.90 Å². The summed E-state index contributed by atoms with van der Waals surface area (Å²) in [5.74, 6) is 0.00574. The largest absolute Gasteiger partial charge is 0.361 e. The molecule has 1 aliphatic rings. The zero-order valence-electron chi connectivity index (χ0n) is 7.74. The maximum Gasteiger partial charge on any atom is 0.223 e. The summed E-state index contributed by atoms with van der Waals surface area (Å²) in [6.07, 6.45) is 1.50. The SMILES string of the molecule is COC1CCC(OC)N1C(C)=O. The van der Waals surface area contributed by atoms with Crippen LogP contribution in [0.5, 0.6) is 0 Å². The maximum absolute atomic E-state index is 11.2. The average Bonchev–Trinajstić information content (AvgIpc) is 2.46. The molecule has 2 unspecified atom stereocenters. The molecule has 1 amide bonds. The third kappa shape index (κ3) is 1.59. The van der Waals surface area contributed by atoms with Crippen LogP contribution in [0.1, 0.15) is 19.8 Å². The molecule has 1 rings (SSSR count). The van der Waals surface area contributed by atoms with Gasteiger partial charge >= 0.3 is 0 Å². The van der Waals surface area contributed by atoms with E-state index in [0.29, 0.717) is 0 Å². The average molecular weight is 173 g/mol. The second kappa shape index (κ2) is 3.87. The summed E-state index contributed by atoms with van der Waals surface area (Å²) in [5, 5.41) is 0. The molecule has 0 spiro atoms. The Hall–Kier alpha value is -0.610. The van der Waals surface area contributed by atoms with Gasteiger partial charge in [-0.3, -0.25) is 9.69 Å². The van der Waals surface area contributed by atoms with Crippen LogP contribution in [0.2, 0.25) is 0 Å². The third-order valence-corrected chi connectivity index (χ3v) is 2.19.